The molecule has 5 nitrogen and oxygen atoms in total. The molecule has 0 aliphatic heterocycles. The molecule has 0 saturated heterocycles. The number of aldehydes is 1. The number of carbonyl (C=O) groups is 1. The number of benzene rings is 2. The number of nitrogens with zero attached hydrogens (tertiary/aromatic N) is 1. The van der Waals surface area contributed by atoms with Crippen molar-refractivity contribution < 1.29 is 9.72 Å². The lowest BCUT2D eigenvalue weighted by Gasteiger charge is -2.06. The molecule has 0 atom stereocenters. The number of para-hydroxylation sites is 1. The number of hydrogen-bond acceptors (Lipinski definition) is 4. The summed E-state index contributed by atoms with van der Waals surface area (Å²) in [5.74, 6) is 0. The summed E-state index contributed by atoms with van der Waals surface area (Å²) in [5, 5.41) is 13.8. The van der Waals surface area contributed by atoms with Crippen molar-refractivity contribution in [2.45, 2.75) is 0 Å². The highest BCUT2D eigenvalue weighted by molar-refractivity contribution is 5.83. The first kappa shape index (κ1) is 11.8. The van der Waals surface area contributed by atoms with Gasteiger partial charge in [-0.05, 0) is 24.3 Å². The maximum Gasteiger partial charge on any atom is 0.281 e. The number of hydrogen-bond donors (Lipinski definition) is 1. The molecule has 2 aromatic rings. The minimum atomic E-state index is -0.570. The maximum atomic E-state index is 10.8. The highest BCUT2D eigenvalue weighted by Gasteiger charge is 2.13. The van der Waals surface area contributed by atoms with Gasteiger partial charge in [0.2, 0.25) is 0 Å². The molecule has 0 amide bonds. The van der Waals surface area contributed by atoms with E-state index in [1.54, 1.807) is 6.07 Å². The van der Waals surface area contributed by atoms with Crippen LogP contribution in [-0.4, -0.2) is 11.2 Å². The molecule has 18 heavy (non-hydrogen) atoms. The van der Waals surface area contributed by atoms with Crippen LogP contribution in [0.3, 0.4) is 0 Å². The lowest BCUT2D eigenvalue weighted by atomic mass is 10.1. The van der Waals surface area contributed by atoms with Crippen LogP contribution in [0.5, 0.6) is 0 Å². The Morgan fingerprint density at radius 3 is 2.39 bits per heavy atom. The quantitative estimate of drug-likeness (QED) is 0.507. The molecule has 5 heteroatoms. The molecule has 0 fully saturated rings. The van der Waals surface area contributed by atoms with Crippen LogP contribution in [0.25, 0.3) is 0 Å². The average Bonchev–Trinajstić information content (AvgIpc) is 2.40. The van der Waals surface area contributed by atoms with Crippen molar-refractivity contribution in [2.24, 2.45) is 0 Å². The molecule has 0 aliphatic carbocycles. The number of anilines is 2. The van der Waals surface area contributed by atoms with Crippen LogP contribution >= 0.6 is 0 Å². The minimum absolute atomic E-state index is 0.0682. The Bertz CT molecular complexity index is 582. The van der Waals surface area contributed by atoms with Gasteiger partial charge in [-0.2, -0.15) is 0 Å². The van der Waals surface area contributed by atoms with E-state index in [2.05, 4.69) is 5.32 Å². The molecule has 0 radical (unpaired) electrons. The molecule has 1 N–H and O–H groups in total. The normalized spacial score (nSPS) is 9.78. The van der Waals surface area contributed by atoms with Crippen molar-refractivity contribution in [1.82, 2.24) is 0 Å². The predicted octanol–water partition coefficient (Wildman–Crippen LogP) is 3.15. The van der Waals surface area contributed by atoms with Crippen LogP contribution in [0.2, 0.25) is 0 Å². The number of nitro benzene ring substituents is 1. The monoisotopic (exact) mass is 242 g/mol. The Labute approximate surface area is 103 Å². The second kappa shape index (κ2) is 5.09. The average molecular weight is 242 g/mol. The van der Waals surface area contributed by atoms with Gasteiger partial charge < -0.3 is 5.32 Å². The molecule has 0 aromatic heterocycles. The Balaban J connectivity index is 2.33. The van der Waals surface area contributed by atoms with Crippen LogP contribution in [0, 0.1) is 10.1 Å². The molecule has 0 saturated carbocycles. The van der Waals surface area contributed by atoms with Gasteiger partial charge in [-0.3, -0.25) is 14.9 Å². The number of nitro groups is 1. The fourth-order valence-electron chi connectivity index (χ4n) is 1.57. The smallest absolute Gasteiger partial charge is 0.281 e. The summed E-state index contributed by atoms with van der Waals surface area (Å²) in [4.78, 5) is 20.9. The first-order valence-electron chi connectivity index (χ1n) is 5.26. The third-order valence-electron chi connectivity index (χ3n) is 2.42. The molecule has 0 bridgehead atoms. The van der Waals surface area contributed by atoms with Crippen LogP contribution in [0.4, 0.5) is 17.1 Å². The summed E-state index contributed by atoms with van der Waals surface area (Å²) in [6.45, 7) is 0. The van der Waals surface area contributed by atoms with Gasteiger partial charge in [-0.1, -0.05) is 18.2 Å². The standard InChI is InChI=1S/C13H10N2O3/c16-9-10-6-7-12(8-13(10)15(17)18)14-11-4-2-1-3-5-11/h1-9,14H. The van der Waals surface area contributed by atoms with Crippen LogP contribution in [0.15, 0.2) is 48.5 Å². The van der Waals surface area contributed by atoms with Gasteiger partial charge in [0.15, 0.2) is 6.29 Å². The number of rotatable bonds is 4. The van der Waals surface area contributed by atoms with Gasteiger partial charge in [-0.25, -0.2) is 0 Å². The molecule has 0 aliphatic rings. The third kappa shape index (κ3) is 2.52. The van der Waals surface area contributed by atoms with Crippen molar-refractivity contribution in [3.63, 3.8) is 0 Å². The Kier molecular flexibility index (Phi) is 3.33. The molecule has 0 spiro atoms. The summed E-state index contributed by atoms with van der Waals surface area (Å²) in [6.07, 6.45) is 0.477. The van der Waals surface area contributed by atoms with Crippen molar-refractivity contribution in [1.29, 1.82) is 0 Å². The van der Waals surface area contributed by atoms with Crippen molar-refractivity contribution in [2.75, 3.05) is 5.32 Å². The zero-order valence-electron chi connectivity index (χ0n) is 9.37. The summed E-state index contributed by atoms with van der Waals surface area (Å²) < 4.78 is 0. The number of carbonyl (C=O) groups excluding carboxylic acids is 1. The van der Waals surface area contributed by atoms with E-state index in [0.717, 1.165) is 5.69 Å². The fraction of sp³-hybridized carbons (Fsp3) is 0. The van der Waals surface area contributed by atoms with Gasteiger partial charge in [0.1, 0.15) is 0 Å². The zero-order chi connectivity index (χ0) is 13.0. The van der Waals surface area contributed by atoms with Gasteiger partial charge in [0.25, 0.3) is 5.69 Å². The van der Waals surface area contributed by atoms with E-state index in [-0.39, 0.29) is 11.3 Å². The summed E-state index contributed by atoms with van der Waals surface area (Å²) in [6, 6.07) is 13.7. The minimum Gasteiger partial charge on any atom is -0.355 e. The van der Waals surface area contributed by atoms with E-state index >= 15 is 0 Å². The van der Waals surface area contributed by atoms with Gasteiger partial charge in [0.05, 0.1) is 10.5 Å². The lowest BCUT2D eigenvalue weighted by molar-refractivity contribution is -0.385. The van der Waals surface area contributed by atoms with E-state index in [0.29, 0.717) is 12.0 Å². The fourth-order valence-corrected chi connectivity index (χ4v) is 1.57. The third-order valence-corrected chi connectivity index (χ3v) is 2.42. The van der Waals surface area contributed by atoms with Gasteiger partial charge in [0, 0.05) is 17.4 Å². The number of nitrogens with one attached hydrogen (secondary N) is 1. The molecule has 2 rings (SSSR count). The van der Waals surface area contributed by atoms with Crippen molar-refractivity contribution in [3.8, 4) is 0 Å². The first-order chi connectivity index (χ1) is 8.70. The first-order valence-corrected chi connectivity index (χ1v) is 5.26. The summed E-state index contributed by atoms with van der Waals surface area (Å²) >= 11 is 0. The second-order valence-electron chi connectivity index (χ2n) is 3.64. The summed E-state index contributed by atoms with van der Waals surface area (Å²) in [5.41, 5.74) is 1.26. The molecular formula is C13H10N2O3. The van der Waals surface area contributed by atoms with Crippen LogP contribution < -0.4 is 5.32 Å². The van der Waals surface area contributed by atoms with Gasteiger partial charge >= 0.3 is 0 Å². The van der Waals surface area contributed by atoms with E-state index in [1.165, 1.54) is 12.1 Å². The molecule has 0 heterocycles. The van der Waals surface area contributed by atoms with E-state index in [1.807, 2.05) is 30.3 Å². The lowest BCUT2D eigenvalue weighted by Crippen LogP contribution is -1.97. The van der Waals surface area contributed by atoms with Gasteiger partial charge in [-0.15, -0.1) is 0 Å². The van der Waals surface area contributed by atoms with Crippen LogP contribution in [0.1, 0.15) is 10.4 Å². The Morgan fingerprint density at radius 1 is 1.06 bits per heavy atom. The largest absolute Gasteiger partial charge is 0.355 e. The van der Waals surface area contributed by atoms with E-state index < -0.39 is 4.92 Å². The van der Waals surface area contributed by atoms with Crippen molar-refractivity contribution in [3.05, 3.63) is 64.2 Å². The second-order valence-corrected chi connectivity index (χ2v) is 3.64. The Hall–Kier alpha value is -2.69. The SMILES string of the molecule is O=Cc1ccc(Nc2ccccc2)cc1[N+](=O)[O-]. The topological polar surface area (TPSA) is 72.2 Å². The molecule has 90 valence electrons. The van der Waals surface area contributed by atoms with Crippen molar-refractivity contribution >= 4 is 23.3 Å². The highest BCUT2D eigenvalue weighted by Crippen LogP contribution is 2.24. The summed E-state index contributed by atoms with van der Waals surface area (Å²) in [7, 11) is 0. The zero-order valence-corrected chi connectivity index (χ0v) is 9.37. The molecule has 2 aromatic carbocycles. The van der Waals surface area contributed by atoms with E-state index in [9.17, 15) is 14.9 Å². The molecule has 0 unspecified atom stereocenters. The predicted molar refractivity (Wildman–Crippen MR) is 68.2 cm³/mol. The highest BCUT2D eigenvalue weighted by atomic mass is 16.6. The Morgan fingerprint density at radius 2 is 1.78 bits per heavy atom. The maximum absolute atomic E-state index is 10.8. The molecular weight excluding hydrogens is 232 g/mol. The van der Waals surface area contributed by atoms with E-state index in [4.69, 9.17) is 0 Å². The van der Waals surface area contributed by atoms with Crippen LogP contribution in [-0.2, 0) is 0 Å².